The molecule has 0 aliphatic rings. The number of aliphatic hydroxyl groups excluding tert-OH is 1. The van der Waals surface area contributed by atoms with Crippen molar-refractivity contribution in [3.8, 4) is 0 Å². The summed E-state index contributed by atoms with van der Waals surface area (Å²) in [5, 5.41) is 14.0. The lowest BCUT2D eigenvalue weighted by Crippen LogP contribution is -2.45. The minimum atomic E-state index is -4.61. The van der Waals surface area contributed by atoms with Crippen molar-refractivity contribution < 1.29 is 32.9 Å². The van der Waals surface area contributed by atoms with Gasteiger partial charge < -0.3 is 28.8 Å². The first-order valence-electron chi connectivity index (χ1n) is 39.0. The number of likely N-dealkylation sites (N-methyl/N-ethyl adjacent to an activating group) is 1. The number of carbonyl (C=O) groups is 1. The summed E-state index contributed by atoms with van der Waals surface area (Å²) in [6.45, 7) is 4.68. The van der Waals surface area contributed by atoms with E-state index in [1.807, 2.05) is 27.2 Å². The number of hydrogen-bond donors (Lipinski definition) is 2. The number of phosphoric acid groups is 1. The number of carbonyl (C=O) groups excluding carboxylic acids is 1. The van der Waals surface area contributed by atoms with Crippen LogP contribution in [0.15, 0.2) is 48.6 Å². The largest absolute Gasteiger partial charge is 0.756 e. The van der Waals surface area contributed by atoms with Crippen LogP contribution in [-0.2, 0) is 18.4 Å². The zero-order valence-corrected chi connectivity index (χ0v) is 60.6. The number of quaternary nitrogens is 1. The lowest BCUT2D eigenvalue weighted by molar-refractivity contribution is -0.870. The summed E-state index contributed by atoms with van der Waals surface area (Å²) in [6, 6.07) is -0.904. The van der Waals surface area contributed by atoms with Gasteiger partial charge in [-0.05, 0) is 64.2 Å². The van der Waals surface area contributed by atoms with Crippen molar-refractivity contribution >= 4 is 13.7 Å². The van der Waals surface area contributed by atoms with Crippen molar-refractivity contribution in [2.75, 3.05) is 40.9 Å². The summed E-state index contributed by atoms with van der Waals surface area (Å²) in [7, 11) is 1.26. The highest BCUT2D eigenvalue weighted by atomic mass is 31.2. The smallest absolute Gasteiger partial charge is 0.268 e. The molecule has 0 aromatic rings. The van der Waals surface area contributed by atoms with Gasteiger partial charge >= 0.3 is 0 Å². The van der Waals surface area contributed by atoms with Gasteiger partial charge in [-0.25, -0.2) is 0 Å². The molecule has 0 radical (unpaired) electrons. The first-order chi connectivity index (χ1) is 43.0. The van der Waals surface area contributed by atoms with Gasteiger partial charge in [0.15, 0.2) is 0 Å². The van der Waals surface area contributed by atoms with Crippen LogP contribution in [0.4, 0.5) is 0 Å². The van der Waals surface area contributed by atoms with E-state index in [9.17, 15) is 19.4 Å². The Hall–Kier alpha value is -1.54. The van der Waals surface area contributed by atoms with E-state index in [4.69, 9.17) is 9.05 Å². The second-order valence-corrected chi connectivity index (χ2v) is 29.5. The summed E-state index contributed by atoms with van der Waals surface area (Å²) in [5.74, 6) is -0.199. The molecule has 0 aliphatic carbocycles. The van der Waals surface area contributed by atoms with Gasteiger partial charge in [-0.15, -0.1) is 0 Å². The van der Waals surface area contributed by atoms with Gasteiger partial charge in [-0.2, -0.15) is 0 Å². The Morgan fingerprint density at radius 1 is 0.398 bits per heavy atom. The Labute approximate surface area is 549 Å². The molecule has 3 atom stereocenters. The average Bonchev–Trinajstić information content (AvgIpc) is 3.70. The fourth-order valence-electron chi connectivity index (χ4n) is 12.0. The number of phosphoric ester groups is 1. The molecule has 3 unspecified atom stereocenters. The SMILES string of the molecule is CCCCCCC/C=C\C/C=C\CCCCCCCCCCCCCCCCCCCCCCCCCCCCCC(=O)NC(COP(=O)([O-])OCC[N+](C)(C)C)C(O)/C=C/CC/C=C/CCCCCCCCCCCCCCCCCCCCCCC. The first-order valence-corrected chi connectivity index (χ1v) is 40.5. The second kappa shape index (κ2) is 69.8. The molecule has 0 aliphatic heterocycles. The minimum Gasteiger partial charge on any atom is -0.756 e. The van der Waals surface area contributed by atoms with E-state index in [0.29, 0.717) is 17.4 Å². The number of rotatable bonds is 73. The second-order valence-electron chi connectivity index (χ2n) is 28.1. The van der Waals surface area contributed by atoms with Crippen LogP contribution in [0.25, 0.3) is 0 Å². The summed E-state index contributed by atoms with van der Waals surface area (Å²) in [6.07, 6.45) is 95.7. The van der Waals surface area contributed by atoms with Crippen LogP contribution < -0.4 is 10.2 Å². The number of hydrogen-bond acceptors (Lipinski definition) is 6. The molecule has 0 bridgehead atoms. The van der Waals surface area contributed by atoms with E-state index < -0.39 is 20.0 Å². The molecule has 9 heteroatoms. The molecule has 0 fully saturated rings. The van der Waals surface area contributed by atoms with Crippen molar-refractivity contribution in [1.82, 2.24) is 5.32 Å². The molecule has 0 aromatic heterocycles. The van der Waals surface area contributed by atoms with Crippen LogP contribution in [-0.4, -0.2) is 68.5 Å². The minimum absolute atomic E-state index is 0.00455. The van der Waals surface area contributed by atoms with Crippen molar-refractivity contribution in [2.45, 2.75) is 411 Å². The third kappa shape index (κ3) is 71.9. The molecule has 0 saturated heterocycles. The highest BCUT2D eigenvalue weighted by Crippen LogP contribution is 2.38. The predicted octanol–water partition coefficient (Wildman–Crippen LogP) is 24.7. The Bertz CT molecular complexity index is 1580. The molecule has 0 saturated carbocycles. The molecule has 0 rings (SSSR count). The Balaban J connectivity index is 3.96. The van der Waals surface area contributed by atoms with Crippen LogP contribution in [0.5, 0.6) is 0 Å². The third-order valence-corrected chi connectivity index (χ3v) is 19.0. The van der Waals surface area contributed by atoms with E-state index in [-0.39, 0.29) is 19.1 Å². The zero-order chi connectivity index (χ0) is 64.1. The number of amides is 1. The first kappa shape index (κ1) is 86.5. The van der Waals surface area contributed by atoms with Gasteiger partial charge in [0.25, 0.3) is 7.82 Å². The van der Waals surface area contributed by atoms with E-state index in [1.165, 1.54) is 334 Å². The molecular formula is C79H153N2O6P. The van der Waals surface area contributed by atoms with Gasteiger partial charge in [-0.1, -0.05) is 377 Å². The standard InChI is InChI=1S/C79H153N2O6P/c1-6-8-10-12-14-16-18-20-22-24-26-28-30-32-34-35-36-37-38-39-40-41-42-43-44-45-47-49-51-53-55-57-59-61-63-65-67-69-71-73-79(83)80-77(76-87-88(84,85)86-75-74-81(3,4)5)78(82)72-70-68-66-64-62-60-58-56-54-52-50-48-46-33-31-29-27-25-23-21-19-17-15-13-11-9-7-2/h18,20,24,26,62,64,70,72,77-78,82H,6-17,19,21-23,25,27-61,63,65-69,71,73-76H2,1-5H3,(H-,80,83,84,85)/b20-18-,26-24-,64-62+,72-70+. The predicted molar refractivity (Wildman–Crippen MR) is 385 cm³/mol. The van der Waals surface area contributed by atoms with Crippen molar-refractivity contribution in [1.29, 1.82) is 0 Å². The van der Waals surface area contributed by atoms with E-state index >= 15 is 0 Å². The fraction of sp³-hybridized carbons (Fsp3) is 0.886. The van der Waals surface area contributed by atoms with Crippen molar-refractivity contribution in [2.24, 2.45) is 0 Å². The number of nitrogens with one attached hydrogen (secondary N) is 1. The van der Waals surface area contributed by atoms with Gasteiger partial charge in [0.2, 0.25) is 5.91 Å². The Morgan fingerprint density at radius 2 is 0.670 bits per heavy atom. The monoisotopic (exact) mass is 1260 g/mol. The fourth-order valence-corrected chi connectivity index (χ4v) is 12.7. The van der Waals surface area contributed by atoms with E-state index in [1.54, 1.807) is 6.08 Å². The van der Waals surface area contributed by atoms with Crippen molar-refractivity contribution in [3.05, 3.63) is 48.6 Å². The maximum Gasteiger partial charge on any atom is 0.268 e. The van der Waals surface area contributed by atoms with Gasteiger partial charge in [0, 0.05) is 6.42 Å². The Morgan fingerprint density at radius 3 is 0.989 bits per heavy atom. The van der Waals surface area contributed by atoms with Crippen molar-refractivity contribution in [3.63, 3.8) is 0 Å². The van der Waals surface area contributed by atoms with Gasteiger partial charge in [0.05, 0.1) is 39.9 Å². The summed E-state index contributed by atoms with van der Waals surface area (Å²) in [5.41, 5.74) is 0. The molecule has 0 aromatic carbocycles. The topological polar surface area (TPSA) is 108 Å². The summed E-state index contributed by atoms with van der Waals surface area (Å²) in [4.78, 5) is 25.7. The average molecular weight is 1260 g/mol. The molecule has 1 amide bonds. The molecule has 0 spiro atoms. The maximum atomic E-state index is 13.1. The molecule has 8 nitrogen and oxygen atoms in total. The number of unbranched alkanes of at least 4 members (excludes halogenated alkanes) is 54. The van der Waals surface area contributed by atoms with Crippen LogP contribution >= 0.6 is 7.82 Å². The molecule has 0 heterocycles. The third-order valence-electron chi connectivity index (χ3n) is 18.0. The number of nitrogens with zero attached hydrogens (tertiary/aromatic N) is 1. The molecule has 88 heavy (non-hydrogen) atoms. The summed E-state index contributed by atoms with van der Waals surface area (Å²) < 4.78 is 23.5. The van der Waals surface area contributed by atoms with Gasteiger partial charge in [0.1, 0.15) is 13.2 Å². The highest BCUT2D eigenvalue weighted by molar-refractivity contribution is 7.45. The summed E-state index contributed by atoms with van der Waals surface area (Å²) >= 11 is 0. The van der Waals surface area contributed by atoms with E-state index in [0.717, 1.165) is 44.9 Å². The molecule has 2 N–H and O–H groups in total. The van der Waals surface area contributed by atoms with Crippen LogP contribution in [0.1, 0.15) is 399 Å². The number of aliphatic hydroxyl groups is 1. The van der Waals surface area contributed by atoms with Crippen LogP contribution in [0.3, 0.4) is 0 Å². The van der Waals surface area contributed by atoms with Crippen LogP contribution in [0.2, 0.25) is 0 Å². The van der Waals surface area contributed by atoms with Gasteiger partial charge in [-0.3, -0.25) is 9.36 Å². The van der Waals surface area contributed by atoms with Crippen LogP contribution in [0, 0.1) is 0 Å². The quantitative estimate of drug-likeness (QED) is 0.0272. The molecular weight excluding hydrogens is 1100 g/mol. The Kier molecular flexibility index (Phi) is 68.6. The molecule has 520 valence electrons. The lowest BCUT2D eigenvalue weighted by atomic mass is 10.0. The highest BCUT2D eigenvalue weighted by Gasteiger charge is 2.23. The zero-order valence-electron chi connectivity index (χ0n) is 59.7. The maximum absolute atomic E-state index is 13.1. The lowest BCUT2D eigenvalue weighted by Gasteiger charge is -2.29. The van der Waals surface area contributed by atoms with E-state index in [2.05, 4.69) is 55.6 Å². The number of allylic oxidation sites excluding steroid dienone is 7. The normalized spacial score (nSPS) is 13.8.